The minimum Gasteiger partial charge on any atom is -0.423 e. The zero-order valence-corrected chi connectivity index (χ0v) is 11.8. The summed E-state index contributed by atoms with van der Waals surface area (Å²) in [6, 6.07) is 11.4. The van der Waals surface area contributed by atoms with Crippen molar-refractivity contribution in [3.63, 3.8) is 0 Å². The van der Waals surface area contributed by atoms with E-state index in [1.54, 1.807) is 31.2 Å². The van der Waals surface area contributed by atoms with Crippen molar-refractivity contribution in [2.24, 2.45) is 0 Å². The zero-order valence-electron chi connectivity index (χ0n) is 11.8. The molecule has 0 bridgehead atoms. The Kier molecular flexibility index (Phi) is 4.35. The van der Waals surface area contributed by atoms with Crippen LogP contribution in [0.25, 0.3) is 11.1 Å². The quantitative estimate of drug-likeness (QED) is 0.460. The lowest BCUT2D eigenvalue weighted by Crippen LogP contribution is -2.07. The molecule has 0 aliphatic rings. The van der Waals surface area contributed by atoms with Crippen LogP contribution in [-0.2, 0) is 11.0 Å². The van der Waals surface area contributed by atoms with Crippen molar-refractivity contribution >= 4 is 5.97 Å². The number of hydrogen-bond donors (Lipinski definition) is 0. The van der Waals surface area contributed by atoms with E-state index in [9.17, 15) is 18.0 Å². The number of benzene rings is 2. The first kappa shape index (κ1) is 15.8. The van der Waals surface area contributed by atoms with Gasteiger partial charge in [-0.1, -0.05) is 30.8 Å². The minimum absolute atomic E-state index is 0.284. The maximum Gasteiger partial charge on any atom is 0.416 e. The monoisotopic (exact) mass is 306 g/mol. The van der Waals surface area contributed by atoms with Gasteiger partial charge in [-0.25, -0.2) is 4.79 Å². The minimum atomic E-state index is -4.35. The second-order valence-corrected chi connectivity index (χ2v) is 4.77. The third kappa shape index (κ3) is 3.75. The number of alkyl halides is 3. The number of esters is 1. The summed E-state index contributed by atoms with van der Waals surface area (Å²) in [7, 11) is 0. The lowest BCUT2D eigenvalue weighted by atomic mass is 10.0. The lowest BCUT2D eigenvalue weighted by Gasteiger charge is -2.08. The second kappa shape index (κ2) is 6.05. The molecule has 0 aliphatic carbocycles. The third-order valence-corrected chi connectivity index (χ3v) is 2.96. The fourth-order valence-corrected chi connectivity index (χ4v) is 1.76. The molecule has 0 amide bonds. The maximum atomic E-state index is 12.5. The van der Waals surface area contributed by atoms with Gasteiger partial charge in [0.25, 0.3) is 0 Å². The summed E-state index contributed by atoms with van der Waals surface area (Å²) in [5, 5.41) is 0. The third-order valence-electron chi connectivity index (χ3n) is 2.96. The summed E-state index contributed by atoms with van der Waals surface area (Å²) in [5.74, 6) is -0.175. The molecule has 0 heterocycles. The normalized spacial score (nSPS) is 11.1. The Morgan fingerprint density at radius 2 is 1.41 bits per heavy atom. The van der Waals surface area contributed by atoms with Crippen molar-refractivity contribution in [2.45, 2.75) is 13.1 Å². The van der Waals surface area contributed by atoms with Gasteiger partial charge in [0.15, 0.2) is 0 Å². The number of carbonyl (C=O) groups excluding carboxylic acids is 1. The molecule has 0 saturated heterocycles. The standard InChI is InChI=1S/C17H13F3O2/c1-11(2)16(21)22-15-9-5-13(6-10-15)12-3-7-14(8-4-12)17(18,19)20/h3-10H,1H2,2H3. The highest BCUT2D eigenvalue weighted by Gasteiger charge is 2.29. The predicted molar refractivity (Wildman–Crippen MR) is 77.3 cm³/mol. The number of carbonyl (C=O) groups is 1. The van der Waals surface area contributed by atoms with Crippen LogP contribution in [-0.4, -0.2) is 5.97 Å². The number of halogens is 3. The molecule has 0 spiro atoms. The molecular formula is C17H13F3O2. The van der Waals surface area contributed by atoms with Crippen LogP contribution in [0, 0.1) is 0 Å². The first-order valence-corrected chi connectivity index (χ1v) is 6.43. The molecule has 114 valence electrons. The van der Waals surface area contributed by atoms with E-state index in [0.717, 1.165) is 17.7 Å². The molecule has 0 N–H and O–H groups in total. The summed E-state index contributed by atoms with van der Waals surface area (Å²) >= 11 is 0. The highest BCUT2D eigenvalue weighted by Crippen LogP contribution is 2.31. The summed E-state index contributed by atoms with van der Waals surface area (Å²) in [6.07, 6.45) is -4.35. The molecule has 22 heavy (non-hydrogen) atoms. The van der Waals surface area contributed by atoms with Crippen LogP contribution >= 0.6 is 0 Å². The fourth-order valence-electron chi connectivity index (χ4n) is 1.76. The Bertz CT molecular complexity index is 683. The van der Waals surface area contributed by atoms with Crippen LogP contribution in [0.5, 0.6) is 5.75 Å². The van der Waals surface area contributed by atoms with Gasteiger partial charge < -0.3 is 4.74 Å². The molecule has 0 radical (unpaired) electrons. The van der Waals surface area contributed by atoms with Gasteiger partial charge in [-0.15, -0.1) is 0 Å². The SMILES string of the molecule is C=C(C)C(=O)Oc1ccc(-c2ccc(C(F)(F)F)cc2)cc1. The van der Waals surface area contributed by atoms with Crippen molar-refractivity contribution in [1.29, 1.82) is 0 Å². The summed E-state index contributed by atoms with van der Waals surface area (Å²) < 4.78 is 42.6. The summed E-state index contributed by atoms with van der Waals surface area (Å²) in [6.45, 7) is 5.02. The van der Waals surface area contributed by atoms with Gasteiger partial charge in [0.05, 0.1) is 5.56 Å². The average Bonchev–Trinajstić information content (AvgIpc) is 2.47. The predicted octanol–water partition coefficient (Wildman–Crippen LogP) is 4.85. The smallest absolute Gasteiger partial charge is 0.416 e. The molecule has 0 aromatic heterocycles. The fraction of sp³-hybridized carbons (Fsp3) is 0.118. The van der Waals surface area contributed by atoms with Gasteiger partial charge in [0, 0.05) is 5.57 Å². The molecule has 5 heteroatoms. The molecule has 0 unspecified atom stereocenters. The molecule has 0 aliphatic heterocycles. The van der Waals surface area contributed by atoms with E-state index in [4.69, 9.17) is 4.74 Å². The first-order chi connectivity index (χ1) is 10.3. The van der Waals surface area contributed by atoms with Crippen LogP contribution in [0.15, 0.2) is 60.7 Å². The first-order valence-electron chi connectivity index (χ1n) is 6.43. The summed E-state index contributed by atoms with van der Waals surface area (Å²) in [4.78, 5) is 11.4. The number of hydrogen-bond acceptors (Lipinski definition) is 2. The Morgan fingerprint density at radius 1 is 0.955 bits per heavy atom. The van der Waals surface area contributed by atoms with E-state index in [2.05, 4.69) is 6.58 Å². The summed E-state index contributed by atoms with van der Waals surface area (Å²) in [5.41, 5.74) is 0.963. The highest BCUT2D eigenvalue weighted by atomic mass is 19.4. The van der Waals surface area contributed by atoms with E-state index in [1.807, 2.05) is 0 Å². The Labute approximate surface area is 125 Å². The van der Waals surface area contributed by atoms with E-state index in [-0.39, 0.29) is 5.57 Å². The topological polar surface area (TPSA) is 26.3 Å². The van der Waals surface area contributed by atoms with Gasteiger partial charge in [-0.2, -0.15) is 13.2 Å². The van der Waals surface area contributed by atoms with Crippen molar-refractivity contribution in [3.8, 4) is 16.9 Å². The Morgan fingerprint density at radius 3 is 1.82 bits per heavy atom. The van der Waals surface area contributed by atoms with Crippen LogP contribution in [0.4, 0.5) is 13.2 Å². The Hall–Kier alpha value is -2.56. The lowest BCUT2D eigenvalue weighted by molar-refractivity contribution is -0.137. The van der Waals surface area contributed by atoms with Crippen LogP contribution in [0.1, 0.15) is 12.5 Å². The molecule has 2 nitrogen and oxygen atoms in total. The van der Waals surface area contributed by atoms with Crippen LogP contribution in [0.2, 0.25) is 0 Å². The Balaban J connectivity index is 2.17. The van der Waals surface area contributed by atoms with Crippen LogP contribution in [0.3, 0.4) is 0 Å². The second-order valence-electron chi connectivity index (χ2n) is 4.77. The van der Waals surface area contributed by atoms with E-state index in [1.165, 1.54) is 12.1 Å². The molecule has 2 aromatic rings. The molecular weight excluding hydrogens is 293 g/mol. The van der Waals surface area contributed by atoms with Crippen molar-refractivity contribution in [2.75, 3.05) is 0 Å². The van der Waals surface area contributed by atoms with Gasteiger partial charge in [0.1, 0.15) is 5.75 Å². The number of ether oxygens (including phenoxy) is 1. The largest absolute Gasteiger partial charge is 0.423 e. The molecule has 0 atom stereocenters. The van der Waals surface area contributed by atoms with Gasteiger partial charge >= 0.3 is 12.1 Å². The number of rotatable bonds is 3. The molecule has 0 saturated carbocycles. The zero-order chi connectivity index (χ0) is 16.3. The van der Waals surface area contributed by atoms with E-state index >= 15 is 0 Å². The van der Waals surface area contributed by atoms with Crippen molar-refractivity contribution < 1.29 is 22.7 Å². The van der Waals surface area contributed by atoms with Crippen molar-refractivity contribution in [1.82, 2.24) is 0 Å². The molecule has 2 aromatic carbocycles. The molecule has 2 rings (SSSR count). The van der Waals surface area contributed by atoms with Gasteiger partial charge in [-0.3, -0.25) is 0 Å². The van der Waals surface area contributed by atoms with Gasteiger partial charge in [0.2, 0.25) is 0 Å². The van der Waals surface area contributed by atoms with Gasteiger partial charge in [-0.05, 0) is 42.3 Å². The van der Waals surface area contributed by atoms with E-state index in [0.29, 0.717) is 11.3 Å². The average molecular weight is 306 g/mol. The molecule has 0 fully saturated rings. The van der Waals surface area contributed by atoms with Crippen molar-refractivity contribution in [3.05, 3.63) is 66.2 Å². The maximum absolute atomic E-state index is 12.5. The van der Waals surface area contributed by atoms with E-state index < -0.39 is 17.7 Å². The van der Waals surface area contributed by atoms with Crippen LogP contribution < -0.4 is 4.74 Å². The highest BCUT2D eigenvalue weighted by molar-refractivity contribution is 5.88.